The van der Waals surface area contributed by atoms with Crippen LogP contribution in [0.25, 0.3) is 0 Å². The molecule has 1 rings (SSSR count). The van der Waals surface area contributed by atoms with Crippen LogP contribution in [-0.2, 0) is 9.47 Å². The van der Waals surface area contributed by atoms with Crippen LogP contribution in [0.4, 0.5) is 0 Å². The average molecular weight is 201 g/mol. The molecule has 0 aromatic heterocycles. The Morgan fingerprint density at radius 3 is 2.50 bits per heavy atom. The van der Waals surface area contributed by atoms with Gasteiger partial charge in [-0.1, -0.05) is 20.3 Å². The fourth-order valence-electron chi connectivity index (χ4n) is 1.76. The first kappa shape index (κ1) is 12.0. The standard InChI is InChI=1S/C11H23NO2/c1-4-9(2)7-10(12-3)8-11-13-5-6-14-11/h9-12H,4-8H2,1-3H3. The van der Waals surface area contributed by atoms with Gasteiger partial charge in [-0.2, -0.15) is 0 Å². The van der Waals surface area contributed by atoms with Crippen molar-refractivity contribution in [2.75, 3.05) is 20.3 Å². The lowest BCUT2D eigenvalue weighted by molar-refractivity contribution is -0.0534. The Bertz CT molecular complexity index is 146. The smallest absolute Gasteiger partial charge is 0.159 e. The molecule has 2 unspecified atom stereocenters. The fraction of sp³-hybridized carbons (Fsp3) is 1.00. The highest BCUT2D eigenvalue weighted by Gasteiger charge is 2.21. The second kappa shape index (κ2) is 6.38. The topological polar surface area (TPSA) is 30.5 Å². The van der Waals surface area contributed by atoms with E-state index in [2.05, 4.69) is 19.2 Å². The molecule has 2 atom stereocenters. The minimum atomic E-state index is 0.0245. The average Bonchev–Trinajstić information content (AvgIpc) is 2.69. The van der Waals surface area contributed by atoms with Crippen molar-refractivity contribution in [3.63, 3.8) is 0 Å². The summed E-state index contributed by atoms with van der Waals surface area (Å²) in [6.07, 6.45) is 3.44. The van der Waals surface area contributed by atoms with Crippen LogP contribution in [0.3, 0.4) is 0 Å². The largest absolute Gasteiger partial charge is 0.350 e. The van der Waals surface area contributed by atoms with Crippen molar-refractivity contribution in [2.24, 2.45) is 5.92 Å². The van der Waals surface area contributed by atoms with E-state index in [0.717, 1.165) is 25.6 Å². The lowest BCUT2D eigenvalue weighted by Crippen LogP contribution is -2.31. The first-order chi connectivity index (χ1) is 6.76. The lowest BCUT2D eigenvalue weighted by atomic mass is 9.97. The van der Waals surface area contributed by atoms with Gasteiger partial charge < -0.3 is 14.8 Å². The van der Waals surface area contributed by atoms with Gasteiger partial charge in [0.2, 0.25) is 0 Å². The Hall–Kier alpha value is -0.120. The molecule has 1 aliphatic heterocycles. The van der Waals surface area contributed by atoms with Gasteiger partial charge in [0.15, 0.2) is 6.29 Å². The number of hydrogen-bond donors (Lipinski definition) is 1. The monoisotopic (exact) mass is 201 g/mol. The molecule has 84 valence electrons. The SMILES string of the molecule is CCC(C)CC(CC1OCCO1)NC. The Balaban J connectivity index is 2.22. The summed E-state index contributed by atoms with van der Waals surface area (Å²) >= 11 is 0. The highest BCUT2D eigenvalue weighted by Crippen LogP contribution is 2.17. The van der Waals surface area contributed by atoms with Crippen molar-refractivity contribution in [3.05, 3.63) is 0 Å². The predicted molar refractivity (Wildman–Crippen MR) is 57.2 cm³/mol. The maximum atomic E-state index is 5.44. The van der Waals surface area contributed by atoms with Crippen LogP contribution in [0, 0.1) is 5.92 Å². The maximum absolute atomic E-state index is 5.44. The molecule has 1 fully saturated rings. The van der Waals surface area contributed by atoms with Crippen molar-refractivity contribution < 1.29 is 9.47 Å². The molecule has 1 N–H and O–H groups in total. The van der Waals surface area contributed by atoms with E-state index in [0.29, 0.717) is 6.04 Å². The lowest BCUT2D eigenvalue weighted by Gasteiger charge is -2.22. The minimum Gasteiger partial charge on any atom is -0.350 e. The predicted octanol–water partition coefficient (Wildman–Crippen LogP) is 1.77. The Morgan fingerprint density at radius 2 is 2.00 bits per heavy atom. The van der Waals surface area contributed by atoms with Gasteiger partial charge in [-0.3, -0.25) is 0 Å². The van der Waals surface area contributed by atoms with Crippen molar-refractivity contribution in [1.82, 2.24) is 5.32 Å². The Labute approximate surface area is 87.2 Å². The number of hydrogen-bond acceptors (Lipinski definition) is 3. The van der Waals surface area contributed by atoms with Crippen LogP contribution in [0.15, 0.2) is 0 Å². The van der Waals surface area contributed by atoms with E-state index in [1.54, 1.807) is 0 Å². The van der Waals surface area contributed by atoms with Crippen LogP contribution < -0.4 is 5.32 Å². The summed E-state index contributed by atoms with van der Waals surface area (Å²) < 4.78 is 10.9. The molecular weight excluding hydrogens is 178 g/mol. The third kappa shape index (κ3) is 3.95. The molecule has 0 aliphatic carbocycles. The van der Waals surface area contributed by atoms with Gasteiger partial charge in [0.05, 0.1) is 13.2 Å². The molecule has 0 saturated carbocycles. The second-order valence-corrected chi connectivity index (χ2v) is 4.14. The van der Waals surface area contributed by atoms with Gasteiger partial charge in [-0.15, -0.1) is 0 Å². The molecule has 1 saturated heterocycles. The molecule has 3 heteroatoms. The number of nitrogens with one attached hydrogen (secondary N) is 1. The third-order valence-electron chi connectivity index (χ3n) is 2.96. The van der Waals surface area contributed by atoms with Crippen LogP contribution in [0.5, 0.6) is 0 Å². The molecule has 14 heavy (non-hydrogen) atoms. The molecule has 3 nitrogen and oxygen atoms in total. The van der Waals surface area contributed by atoms with Gasteiger partial charge in [0.1, 0.15) is 0 Å². The van der Waals surface area contributed by atoms with Gasteiger partial charge >= 0.3 is 0 Å². The van der Waals surface area contributed by atoms with E-state index < -0.39 is 0 Å². The molecule has 0 amide bonds. The van der Waals surface area contributed by atoms with Crippen molar-refractivity contribution in [1.29, 1.82) is 0 Å². The maximum Gasteiger partial charge on any atom is 0.159 e. The number of rotatable bonds is 6. The van der Waals surface area contributed by atoms with E-state index in [-0.39, 0.29) is 6.29 Å². The molecule has 0 aromatic carbocycles. The van der Waals surface area contributed by atoms with E-state index in [1.807, 2.05) is 7.05 Å². The van der Waals surface area contributed by atoms with Gasteiger partial charge in [-0.25, -0.2) is 0 Å². The normalized spacial score (nSPS) is 22.5. The summed E-state index contributed by atoms with van der Waals surface area (Å²) in [7, 11) is 2.02. The zero-order chi connectivity index (χ0) is 10.4. The zero-order valence-electron chi connectivity index (χ0n) is 9.58. The molecule has 0 radical (unpaired) electrons. The summed E-state index contributed by atoms with van der Waals surface area (Å²) in [5.41, 5.74) is 0. The van der Waals surface area contributed by atoms with Gasteiger partial charge in [0, 0.05) is 12.5 Å². The summed E-state index contributed by atoms with van der Waals surface area (Å²) in [5, 5.41) is 3.33. The Morgan fingerprint density at radius 1 is 1.36 bits per heavy atom. The highest BCUT2D eigenvalue weighted by atomic mass is 16.7. The minimum absolute atomic E-state index is 0.0245. The van der Waals surface area contributed by atoms with Crippen LogP contribution in [0.1, 0.15) is 33.1 Å². The van der Waals surface area contributed by atoms with Crippen molar-refractivity contribution in [3.8, 4) is 0 Å². The highest BCUT2D eigenvalue weighted by molar-refractivity contribution is 4.70. The first-order valence-corrected chi connectivity index (χ1v) is 5.66. The molecule has 0 bridgehead atoms. The number of ether oxygens (including phenoxy) is 2. The van der Waals surface area contributed by atoms with Crippen LogP contribution in [-0.4, -0.2) is 32.6 Å². The Kier molecular flexibility index (Phi) is 5.45. The van der Waals surface area contributed by atoms with Gasteiger partial charge in [0.25, 0.3) is 0 Å². The molecule has 1 aliphatic rings. The summed E-state index contributed by atoms with van der Waals surface area (Å²) in [4.78, 5) is 0. The molecule has 0 aromatic rings. The summed E-state index contributed by atoms with van der Waals surface area (Å²) in [6.45, 7) is 6.04. The van der Waals surface area contributed by atoms with E-state index in [4.69, 9.17) is 9.47 Å². The second-order valence-electron chi connectivity index (χ2n) is 4.14. The van der Waals surface area contributed by atoms with Crippen molar-refractivity contribution in [2.45, 2.75) is 45.4 Å². The molecule has 0 spiro atoms. The van der Waals surface area contributed by atoms with Crippen molar-refractivity contribution >= 4 is 0 Å². The zero-order valence-corrected chi connectivity index (χ0v) is 9.58. The van der Waals surface area contributed by atoms with Crippen LogP contribution in [0.2, 0.25) is 0 Å². The third-order valence-corrected chi connectivity index (χ3v) is 2.96. The van der Waals surface area contributed by atoms with Gasteiger partial charge in [-0.05, 0) is 19.4 Å². The summed E-state index contributed by atoms with van der Waals surface area (Å²) in [6, 6.07) is 0.521. The van der Waals surface area contributed by atoms with E-state index in [9.17, 15) is 0 Å². The molecular formula is C11H23NO2. The quantitative estimate of drug-likeness (QED) is 0.710. The molecule has 1 heterocycles. The fourth-order valence-corrected chi connectivity index (χ4v) is 1.76. The van der Waals surface area contributed by atoms with Crippen LogP contribution >= 0.6 is 0 Å². The first-order valence-electron chi connectivity index (χ1n) is 5.66. The van der Waals surface area contributed by atoms with E-state index >= 15 is 0 Å². The summed E-state index contributed by atoms with van der Waals surface area (Å²) in [5.74, 6) is 0.772. The van der Waals surface area contributed by atoms with E-state index in [1.165, 1.54) is 12.8 Å².